The van der Waals surface area contributed by atoms with Crippen LogP contribution in [-0.2, 0) is 9.47 Å². The monoisotopic (exact) mass is 435 g/mol. The van der Waals surface area contributed by atoms with Gasteiger partial charge in [-0.15, -0.1) is 0 Å². The SMILES string of the molecule is CCCOC(=O)c1ccc(NC(=O)c2ccc(OCCOC)c(Br)c2)cc1. The molecule has 1 N–H and O–H groups in total. The number of hydrogen-bond donors (Lipinski definition) is 1. The van der Waals surface area contributed by atoms with Gasteiger partial charge in [-0.2, -0.15) is 0 Å². The van der Waals surface area contributed by atoms with Gasteiger partial charge in [-0.3, -0.25) is 4.79 Å². The maximum absolute atomic E-state index is 12.4. The number of carbonyl (C=O) groups excluding carboxylic acids is 2. The molecule has 0 bridgehead atoms. The molecule has 2 aromatic rings. The number of esters is 1. The first-order valence-corrected chi connectivity index (χ1v) is 9.34. The summed E-state index contributed by atoms with van der Waals surface area (Å²) in [5, 5.41) is 2.79. The summed E-state index contributed by atoms with van der Waals surface area (Å²) in [7, 11) is 1.60. The Morgan fingerprint density at radius 2 is 1.70 bits per heavy atom. The van der Waals surface area contributed by atoms with Crippen LogP contribution in [0, 0.1) is 0 Å². The predicted octanol–water partition coefficient (Wildman–Crippen LogP) is 4.29. The van der Waals surface area contributed by atoms with Crippen LogP contribution in [0.25, 0.3) is 0 Å². The molecule has 2 rings (SSSR count). The van der Waals surface area contributed by atoms with Crippen LogP contribution in [0.2, 0.25) is 0 Å². The van der Waals surface area contributed by atoms with Crippen LogP contribution in [0.15, 0.2) is 46.9 Å². The van der Waals surface area contributed by atoms with Crippen LogP contribution >= 0.6 is 15.9 Å². The molecule has 27 heavy (non-hydrogen) atoms. The van der Waals surface area contributed by atoms with Crippen molar-refractivity contribution >= 4 is 33.5 Å². The van der Waals surface area contributed by atoms with Gasteiger partial charge in [0.1, 0.15) is 12.4 Å². The van der Waals surface area contributed by atoms with Crippen LogP contribution in [0.4, 0.5) is 5.69 Å². The van der Waals surface area contributed by atoms with Gasteiger partial charge in [0.2, 0.25) is 0 Å². The van der Waals surface area contributed by atoms with Crippen LogP contribution in [0.5, 0.6) is 5.75 Å². The Morgan fingerprint density at radius 3 is 2.33 bits per heavy atom. The van der Waals surface area contributed by atoms with E-state index in [-0.39, 0.29) is 11.9 Å². The molecule has 0 aliphatic rings. The molecule has 0 aromatic heterocycles. The molecule has 0 saturated heterocycles. The summed E-state index contributed by atoms with van der Waals surface area (Å²) in [5.74, 6) is 0.00159. The Bertz CT molecular complexity index is 776. The van der Waals surface area contributed by atoms with E-state index in [1.807, 2.05) is 6.92 Å². The topological polar surface area (TPSA) is 73.9 Å². The molecule has 0 atom stereocenters. The van der Waals surface area contributed by atoms with Crippen LogP contribution in [0.1, 0.15) is 34.1 Å². The second kappa shape index (κ2) is 10.7. The average molecular weight is 436 g/mol. The fourth-order valence-corrected chi connectivity index (χ4v) is 2.66. The van der Waals surface area contributed by atoms with Gasteiger partial charge < -0.3 is 19.5 Å². The predicted molar refractivity (Wildman–Crippen MR) is 106 cm³/mol. The molecule has 0 unspecified atom stereocenters. The minimum absolute atomic E-state index is 0.263. The third-order valence-electron chi connectivity index (χ3n) is 3.55. The second-order valence-electron chi connectivity index (χ2n) is 5.65. The van der Waals surface area contributed by atoms with E-state index in [0.29, 0.717) is 46.9 Å². The molecule has 7 heteroatoms. The summed E-state index contributed by atoms with van der Waals surface area (Å²) in [6.45, 7) is 3.23. The van der Waals surface area contributed by atoms with E-state index < -0.39 is 0 Å². The van der Waals surface area contributed by atoms with Crippen molar-refractivity contribution in [3.8, 4) is 5.75 Å². The quantitative estimate of drug-likeness (QED) is 0.469. The summed E-state index contributed by atoms with van der Waals surface area (Å²) >= 11 is 3.40. The Labute approximate surface area is 166 Å². The third-order valence-corrected chi connectivity index (χ3v) is 4.17. The van der Waals surface area contributed by atoms with Gasteiger partial charge in [0, 0.05) is 18.4 Å². The van der Waals surface area contributed by atoms with Crippen molar-refractivity contribution in [2.24, 2.45) is 0 Å². The number of benzene rings is 2. The molecule has 0 heterocycles. The molecule has 0 aliphatic carbocycles. The highest BCUT2D eigenvalue weighted by Crippen LogP contribution is 2.26. The minimum atomic E-state index is -0.372. The zero-order valence-electron chi connectivity index (χ0n) is 15.3. The van der Waals surface area contributed by atoms with Crippen LogP contribution in [-0.4, -0.2) is 38.8 Å². The number of anilines is 1. The zero-order valence-corrected chi connectivity index (χ0v) is 16.9. The lowest BCUT2D eigenvalue weighted by molar-refractivity contribution is 0.0505. The van der Waals surface area contributed by atoms with Crippen molar-refractivity contribution in [2.45, 2.75) is 13.3 Å². The Balaban J connectivity index is 1.98. The fraction of sp³-hybridized carbons (Fsp3) is 0.300. The molecule has 0 fully saturated rings. The van der Waals surface area contributed by atoms with Crippen LogP contribution in [0.3, 0.4) is 0 Å². The number of carbonyl (C=O) groups is 2. The van der Waals surface area contributed by atoms with E-state index in [9.17, 15) is 9.59 Å². The van der Waals surface area contributed by atoms with Gasteiger partial charge in [-0.05, 0) is 64.8 Å². The maximum atomic E-state index is 12.4. The molecular formula is C20H22BrNO5. The summed E-state index contributed by atoms with van der Waals surface area (Å²) in [4.78, 5) is 24.2. The molecule has 144 valence electrons. The van der Waals surface area contributed by atoms with Crippen molar-refractivity contribution in [1.82, 2.24) is 0 Å². The molecule has 2 aromatic carbocycles. The van der Waals surface area contributed by atoms with E-state index in [1.165, 1.54) is 0 Å². The Kier molecular flexibility index (Phi) is 8.29. The first-order valence-electron chi connectivity index (χ1n) is 8.55. The van der Waals surface area contributed by atoms with E-state index in [0.717, 1.165) is 6.42 Å². The smallest absolute Gasteiger partial charge is 0.338 e. The first kappa shape index (κ1) is 20.9. The van der Waals surface area contributed by atoms with E-state index >= 15 is 0 Å². The summed E-state index contributed by atoms with van der Waals surface area (Å²) in [5.41, 5.74) is 1.51. The number of hydrogen-bond acceptors (Lipinski definition) is 5. The number of methoxy groups -OCH3 is 1. The van der Waals surface area contributed by atoms with Gasteiger partial charge in [0.15, 0.2) is 0 Å². The van der Waals surface area contributed by atoms with Crippen molar-refractivity contribution in [3.63, 3.8) is 0 Å². The average Bonchev–Trinajstić information content (AvgIpc) is 2.68. The Hall–Kier alpha value is -2.38. The first-order chi connectivity index (χ1) is 13.0. The lowest BCUT2D eigenvalue weighted by Gasteiger charge is -2.10. The Morgan fingerprint density at radius 1 is 1.00 bits per heavy atom. The van der Waals surface area contributed by atoms with Gasteiger partial charge in [-0.25, -0.2) is 4.79 Å². The molecule has 0 radical (unpaired) electrons. The van der Waals surface area contributed by atoms with E-state index in [2.05, 4.69) is 21.2 Å². The van der Waals surface area contributed by atoms with E-state index in [1.54, 1.807) is 49.6 Å². The normalized spacial score (nSPS) is 10.3. The molecule has 6 nitrogen and oxygen atoms in total. The second-order valence-corrected chi connectivity index (χ2v) is 6.51. The summed E-state index contributed by atoms with van der Waals surface area (Å²) < 4.78 is 16.2. The summed E-state index contributed by atoms with van der Waals surface area (Å²) in [6.07, 6.45) is 0.769. The number of rotatable bonds is 9. The third kappa shape index (κ3) is 6.37. The van der Waals surface area contributed by atoms with Gasteiger partial charge in [0.25, 0.3) is 5.91 Å². The molecule has 0 aliphatic heterocycles. The highest BCUT2D eigenvalue weighted by molar-refractivity contribution is 9.10. The number of amides is 1. The summed E-state index contributed by atoms with van der Waals surface area (Å²) in [6, 6.07) is 11.7. The van der Waals surface area contributed by atoms with Crippen molar-refractivity contribution in [3.05, 3.63) is 58.1 Å². The fourth-order valence-electron chi connectivity index (χ4n) is 2.17. The van der Waals surface area contributed by atoms with E-state index in [4.69, 9.17) is 14.2 Å². The van der Waals surface area contributed by atoms with Gasteiger partial charge in [0.05, 0.1) is 23.2 Å². The largest absolute Gasteiger partial charge is 0.490 e. The molecular weight excluding hydrogens is 414 g/mol. The van der Waals surface area contributed by atoms with Crippen molar-refractivity contribution in [2.75, 3.05) is 32.2 Å². The number of ether oxygens (including phenoxy) is 3. The lowest BCUT2D eigenvalue weighted by Crippen LogP contribution is -2.12. The van der Waals surface area contributed by atoms with Gasteiger partial charge in [-0.1, -0.05) is 6.92 Å². The standard InChI is InChI=1S/C20H22BrNO5/c1-3-10-27-20(24)14-4-7-16(8-5-14)22-19(23)15-6-9-18(17(21)13-15)26-12-11-25-2/h4-9,13H,3,10-12H2,1-2H3,(H,22,23). The molecule has 0 spiro atoms. The molecule has 1 amide bonds. The van der Waals surface area contributed by atoms with Crippen molar-refractivity contribution < 1.29 is 23.8 Å². The number of halogens is 1. The van der Waals surface area contributed by atoms with Gasteiger partial charge >= 0.3 is 5.97 Å². The lowest BCUT2D eigenvalue weighted by atomic mass is 10.1. The minimum Gasteiger partial charge on any atom is -0.490 e. The maximum Gasteiger partial charge on any atom is 0.338 e. The highest BCUT2D eigenvalue weighted by atomic mass is 79.9. The van der Waals surface area contributed by atoms with Crippen LogP contribution < -0.4 is 10.1 Å². The van der Waals surface area contributed by atoms with Crippen molar-refractivity contribution in [1.29, 1.82) is 0 Å². The molecule has 0 saturated carbocycles. The highest BCUT2D eigenvalue weighted by Gasteiger charge is 2.11. The zero-order chi connectivity index (χ0) is 19.6. The number of nitrogens with one attached hydrogen (secondary N) is 1.